The van der Waals surface area contributed by atoms with Gasteiger partial charge in [-0.25, -0.2) is 4.79 Å². The molecule has 0 bridgehead atoms. The van der Waals surface area contributed by atoms with E-state index in [4.69, 9.17) is 5.11 Å². The number of anilines is 1. The summed E-state index contributed by atoms with van der Waals surface area (Å²) in [7, 11) is 0. The highest BCUT2D eigenvalue weighted by Crippen LogP contribution is 2.26. The molecule has 4 nitrogen and oxygen atoms in total. The van der Waals surface area contributed by atoms with E-state index in [0.29, 0.717) is 12.2 Å². The number of carboxylic acid groups (broad SMARTS) is 1. The van der Waals surface area contributed by atoms with Gasteiger partial charge in [0.1, 0.15) is 5.75 Å². The largest absolute Gasteiger partial charge is 0.478 e. The molecule has 21 heavy (non-hydrogen) atoms. The molecule has 0 fully saturated rings. The average molecular weight is 293 g/mol. The van der Waals surface area contributed by atoms with Gasteiger partial charge in [0, 0.05) is 6.54 Å². The number of ether oxygens (including phenoxy) is 1. The fourth-order valence-electron chi connectivity index (χ4n) is 1.82. The van der Waals surface area contributed by atoms with Crippen LogP contribution in [0.4, 0.5) is 14.5 Å². The van der Waals surface area contributed by atoms with Crippen LogP contribution >= 0.6 is 0 Å². The molecule has 2 aromatic carbocycles. The molecule has 0 heterocycles. The lowest BCUT2D eigenvalue weighted by atomic mass is 10.1. The van der Waals surface area contributed by atoms with Gasteiger partial charge in [-0.05, 0) is 29.8 Å². The first-order valence-corrected chi connectivity index (χ1v) is 6.16. The van der Waals surface area contributed by atoms with Gasteiger partial charge < -0.3 is 15.2 Å². The first kappa shape index (κ1) is 14.8. The maximum atomic E-state index is 12.3. The molecule has 0 aliphatic heterocycles. The summed E-state index contributed by atoms with van der Waals surface area (Å²) >= 11 is 0. The van der Waals surface area contributed by atoms with E-state index in [1.165, 1.54) is 18.2 Å². The zero-order valence-corrected chi connectivity index (χ0v) is 10.9. The minimum absolute atomic E-state index is 0.0434. The Kier molecular flexibility index (Phi) is 4.71. The highest BCUT2D eigenvalue weighted by Gasteiger charge is 2.09. The average Bonchev–Trinajstić information content (AvgIpc) is 2.46. The predicted molar refractivity (Wildman–Crippen MR) is 73.8 cm³/mol. The molecular weight excluding hydrogens is 280 g/mol. The van der Waals surface area contributed by atoms with E-state index in [2.05, 4.69) is 10.1 Å². The first-order valence-electron chi connectivity index (χ1n) is 6.16. The van der Waals surface area contributed by atoms with Crippen molar-refractivity contribution < 1.29 is 23.4 Å². The molecule has 2 N–H and O–H groups in total. The smallest absolute Gasteiger partial charge is 0.387 e. The Morgan fingerprint density at radius 2 is 1.95 bits per heavy atom. The molecule has 0 amide bonds. The zero-order valence-electron chi connectivity index (χ0n) is 10.9. The fourth-order valence-corrected chi connectivity index (χ4v) is 1.82. The van der Waals surface area contributed by atoms with E-state index in [9.17, 15) is 13.6 Å². The van der Waals surface area contributed by atoms with Gasteiger partial charge in [-0.2, -0.15) is 8.78 Å². The molecule has 0 aliphatic rings. The number of rotatable bonds is 6. The summed E-state index contributed by atoms with van der Waals surface area (Å²) in [6.45, 7) is -2.60. The summed E-state index contributed by atoms with van der Waals surface area (Å²) in [5.74, 6) is -0.972. The van der Waals surface area contributed by atoms with Crippen molar-refractivity contribution >= 4 is 11.7 Å². The minimum Gasteiger partial charge on any atom is -0.478 e. The molecule has 6 heteroatoms. The second-order valence-corrected chi connectivity index (χ2v) is 4.23. The van der Waals surface area contributed by atoms with E-state index < -0.39 is 12.6 Å². The topological polar surface area (TPSA) is 58.6 Å². The minimum atomic E-state index is -2.90. The summed E-state index contributed by atoms with van der Waals surface area (Å²) in [6.07, 6.45) is 0. The number of benzene rings is 2. The second kappa shape index (κ2) is 6.69. The Balaban J connectivity index is 2.09. The monoisotopic (exact) mass is 293 g/mol. The molecule has 0 radical (unpaired) electrons. The van der Waals surface area contributed by atoms with Crippen LogP contribution in [0.1, 0.15) is 15.9 Å². The van der Waals surface area contributed by atoms with Crippen LogP contribution < -0.4 is 10.1 Å². The fraction of sp³-hybridized carbons (Fsp3) is 0.133. The molecule has 2 aromatic rings. The summed E-state index contributed by atoms with van der Waals surface area (Å²) in [5, 5.41) is 11.9. The lowest BCUT2D eigenvalue weighted by Crippen LogP contribution is -2.07. The molecule has 110 valence electrons. The number of carbonyl (C=O) groups is 1. The van der Waals surface area contributed by atoms with Crippen molar-refractivity contribution in [1.82, 2.24) is 0 Å². The number of nitrogens with one attached hydrogen (secondary N) is 1. The van der Waals surface area contributed by atoms with Crippen molar-refractivity contribution in [3.63, 3.8) is 0 Å². The number of halogens is 2. The molecular formula is C15H13F2NO3. The highest BCUT2D eigenvalue weighted by atomic mass is 19.3. The SMILES string of the molecule is O=C(O)c1cccc(CNc2ccccc2OC(F)F)c1. The number of hydrogen-bond donors (Lipinski definition) is 2. The Labute approximate surface area is 120 Å². The maximum absolute atomic E-state index is 12.3. The molecule has 0 atom stereocenters. The van der Waals surface area contributed by atoms with Crippen molar-refractivity contribution in [3.05, 3.63) is 59.7 Å². The summed E-state index contributed by atoms with van der Waals surface area (Å²) in [5.41, 5.74) is 1.31. The van der Waals surface area contributed by atoms with Gasteiger partial charge in [-0.3, -0.25) is 0 Å². The van der Waals surface area contributed by atoms with Gasteiger partial charge in [-0.15, -0.1) is 0 Å². The van der Waals surface area contributed by atoms with Crippen LogP contribution in [0.2, 0.25) is 0 Å². The molecule has 0 saturated heterocycles. The first-order chi connectivity index (χ1) is 10.1. The van der Waals surface area contributed by atoms with Crippen molar-refractivity contribution in [2.75, 3.05) is 5.32 Å². The zero-order chi connectivity index (χ0) is 15.2. The van der Waals surface area contributed by atoms with E-state index in [0.717, 1.165) is 5.56 Å². The predicted octanol–water partition coefficient (Wildman–Crippen LogP) is 3.60. The Bertz CT molecular complexity index is 632. The van der Waals surface area contributed by atoms with Gasteiger partial charge in [-0.1, -0.05) is 24.3 Å². The van der Waals surface area contributed by atoms with E-state index in [-0.39, 0.29) is 11.3 Å². The van der Waals surface area contributed by atoms with Gasteiger partial charge in [0.2, 0.25) is 0 Å². The van der Waals surface area contributed by atoms with Crippen molar-refractivity contribution in [3.8, 4) is 5.75 Å². The van der Waals surface area contributed by atoms with Crippen LogP contribution in [0.15, 0.2) is 48.5 Å². The Morgan fingerprint density at radius 1 is 1.19 bits per heavy atom. The van der Waals surface area contributed by atoms with Gasteiger partial charge in [0.25, 0.3) is 0 Å². The molecule has 0 saturated carbocycles. The summed E-state index contributed by atoms with van der Waals surface area (Å²) in [4.78, 5) is 10.9. The number of hydrogen-bond acceptors (Lipinski definition) is 3. The van der Waals surface area contributed by atoms with Crippen LogP contribution in [0, 0.1) is 0 Å². The summed E-state index contributed by atoms with van der Waals surface area (Å²) in [6, 6.07) is 12.7. The Hall–Kier alpha value is -2.63. The van der Waals surface area contributed by atoms with Crippen LogP contribution in [-0.4, -0.2) is 17.7 Å². The number of alkyl halides is 2. The quantitative estimate of drug-likeness (QED) is 0.854. The van der Waals surface area contributed by atoms with E-state index in [1.54, 1.807) is 30.3 Å². The molecule has 0 aromatic heterocycles. The standard InChI is InChI=1S/C15H13F2NO3/c16-15(17)21-13-7-2-1-6-12(13)18-9-10-4-3-5-11(8-10)14(19)20/h1-8,15,18H,9H2,(H,19,20). The number of aromatic carboxylic acids is 1. The third-order valence-corrected chi connectivity index (χ3v) is 2.76. The molecule has 0 spiro atoms. The lowest BCUT2D eigenvalue weighted by Gasteiger charge is -2.12. The lowest BCUT2D eigenvalue weighted by molar-refractivity contribution is -0.0493. The van der Waals surface area contributed by atoms with Crippen LogP contribution in [0.5, 0.6) is 5.75 Å². The van der Waals surface area contributed by atoms with Crippen molar-refractivity contribution in [1.29, 1.82) is 0 Å². The number of carboxylic acids is 1. The Morgan fingerprint density at radius 3 is 2.67 bits per heavy atom. The maximum Gasteiger partial charge on any atom is 0.387 e. The van der Waals surface area contributed by atoms with Crippen LogP contribution in [0.25, 0.3) is 0 Å². The van der Waals surface area contributed by atoms with E-state index >= 15 is 0 Å². The molecule has 2 rings (SSSR count). The van der Waals surface area contributed by atoms with Gasteiger partial charge >= 0.3 is 12.6 Å². The normalized spacial score (nSPS) is 10.4. The van der Waals surface area contributed by atoms with Crippen LogP contribution in [-0.2, 0) is 6.54 Å². The molecule has 0 unspecified atom stereocenters. The third-order valence-electron chi connectivity index (χ3n) is 2.76. The highest BCUT2D eigenvalue weighted by molar-refractivity contribution is 5.87. The van der Waals surface area contributed by atoms with Crippen molar-refractivity contribution in [2.45, 2.75) is 13.2 Å². The van der Waals surface area contributed by atoms with Crippen LogP contribution in [0.3, 0.4) is 0 Å². The van der Waals surface area contributed by atoms with E-state index in [1.807, 2.05) is 0 Å². The molecule has 0 aliphatic carbocycles. The summed E-state index contributed by atoms with van der Waals surface area (Å²) < 4.78 is 29.0. The number of para-hydroxylation sites is 2. The third kappa shape index (κ3) is 4.17. The van der Waals surface area contributed by atoms with Gasteiger partial charge in [0.05, 0.1) is 11.3 Å². The second-order valence-electron chi connectivity index (χ2n) is 4.23. The van der Waals surface area contributed by atoms with Gasteiger partial charge in [0.15, 0.2) is 0 Å². The van der Waals surface area contributed by atoms with Crippen molar-refractivity contribution in [2.24, 2.45) is 0 Å².